The van der Waals surface area contributed by atoms with Crippen molar-refractivity contribution in [1.29, 1.82) is 0 Å². The van der Waals surface area contributed by atoms with Crippen LogP contribution in [0, 0.1) is 18.7 Å². The number of amides is 1. The topological polar surface area (TPSA) is 81.1 Å². The van der Waals surface area contributed by atoms with E-state index in [0.29, 0.717) is 54.4 Å². The molecule has 2 saturated heterocycles. The van der Waals surface area contributed by atoms with Crippen molar-refractivity contribution in [2.45, 2.75) is 44.5 Å². The molecular weight excluding hydrogens is 466 g/mol. The summed E-state index contributed by atoms with van der Waals surface area (Å²) in [6.07, 6.45) is 0.432. The Balaban J connectivity index is 1.42. The number of fused-ring (bicyclic) bond motifs is 3. The van der Waals surface area contributed by atoms with Crippen LogP contribution in [0.2, 0.25) is 0 Å². The van der Waals surface area contributed by atoms with Gasteiger partial charge in [0.15, 0.2) is 11.6 Å². The summed E-state index contributed by atoms with van der Waals surface area (Å²) in [5.41, 5.74) is 0.220. The van der Waals surface area contributed by atoms with Gasteiger partial charge < -0.3 is 9.64 Å². The highest BCUT2D eigenvalue weighted by atomic mass is 19.4. The lowest BCUT2D eigenvalue weighted by Crippen LogP contribution is -2.59. The number of piperidine rings is 2. The third-order valence-corrected chi connectivity index (χ3v) is 6.42. The number of hydrogen-bond donors (Lipinski definition) is 0. The summed E-state index contributed by atoms with van der Waals surface area (Å²) < 4.78 is 58.7. The first-order valence-corrected chi connectivity index (χ1v) is 11.2. The third-order valence-electron chi connectivity index (χ3n) is 6.42. The molecule has 0 radical (unpaired) electrons. The third kappa shape index (κ3) is 4.54. The maximum atomic E-state index is 14.4. The van der Waals surface area contributed by atoms with E-state index in [2.05, 4.69) is 19.9 Å². The number of alkyl halides is 3. The first kappa shape index (κ1) is 23.1. The van der Waals surface area contributed by atoms with Crippen molar-refractivity contribution < 1.29 is 27.1 Å². The van der Waals surface area contributed by atoms with Gasteiger partial charge in [-0.05, 0) is 56.4 Å². The standard InChI is InChI=1S/C24H21F4N5O2/c1-13-3-5-16(20(32-13)21-29-7-2-8-30-21)23(34)33-12-14-4-6-18(33)19(9-14)35-22-17(25)10-15(11-31-22)24(26,27)28/h2-3,5,7-8,10-11,14,18-19H,4,6,9,12H2,1H3/t14-,18+,19-/m1/s1. The number of carbonyl (C=O) groups excluding carboxylic acids is 1. The predicted octanol–water partition coefficient (Wildman–Crippen LogP) is 4.47. The van der Waals surface area contributed by atoms with Gasteiger partial charge in [-0.3, -0.25) is 4.79 Å². The van der Waals surface area contributed by atoms with Gasteiger partial charge in [-0.2, -0.15) is 13.2 Å². The summed E-state index contributed by atoms with van der Waals surface area (Å²) in [5.74, 6) is -1.53. The number of aromatic nitrogens is 4. The summed E-state index contributed by atoms with van der Waals surface area (Å²) in [4.78, 5) is 31.9. The van der Waals surface area contributed by atoms with Gasteiger partial charge in [0.1, 0.15) is 11.8 Å². The number of pyridine rings is 2. The van der Waals surface area contributed by atoms with E-state index in [1.165, 1.54) is 0 Å². The number of rotatable bonds is 4. The summed E-state index contributed by atoms with van der Waals surface area (Å²) in [6.45, 7) is 2.30. The van der Waals surface area contributed by atoms with E-state index in [1.54, 1.807) is 42.4 Å². The summed E-state index contributed by atoms with van der Waals surface area (Å²) in [6, 6.07) is 5.07. The van der Waals surface area contributed by atoms with Gasteiger partial charge >= 0.3 is 6.18 Å². The molecule has 6 rings (SSSR count). The summed E-state index contributed by atoms with van der Waals surface area (Å²) >= 11 is 0. The first-order valence-electron chi connectivity index (χ1n) is 11.2. The molecule has 35 heavy (non-hydrogen) atoms. The molecule has 3 aliphatic rings. The van der Waals surface area contributed by atoms with E-state index < -0.39 is 29.5 Å². The SMILES string of the molecule is Cc1ccc(C(=O)N2C[C@@H]3CC[C@H]2[C@H](Oc2ncc(C(F)(F)F)cc2F)C3)c(-c2ncccn2)n1. The Morgan fingerprint density at radius 2 is 1.91 bits per heavy atom. The Bertz CT molecular complexity index is 1250. The second-order valence-corrected chi connectivity index (χ2v) is 8.79. The minimum absolute atomic E-state index is 0.112. The average Bonchev–Trinajstić information content (AvgIpc) is 2.85. The number of nitrogens with zero attached hydrogens (tertiary/aromatic N) is 5. The minimum atomic E-state index is -4.71. The van der Waals surface area contributed by atoms with Crippen molar-refractivity contribution in [2.75, 3.05) is 6.54 Å². The van der Waals surface area contributed by atoms with E-state index in [0.717, 1.165) is 6.42 Å². The predicted molar refractivity (Wildman–Crippen MR) is 116 cm³/mol. The zero-order valence-electron chi connectivity index (χ0n) is 18.7. The molecule has 0 N–H and O–H groups in total. The number of halogens is 4. The molecule has 5 heterocycles. The Morgan fingerprint density at radius 3 is 2.60 bits per heavy atom. The monoisotopic (exact) mass is 487 g/mol. The van der Waals surface area contributed by atoms with Gasteiger partial charge in [0.2, 0.25) is 0 Å². The van der Waals surface area contributed by atoms with Crippen LogP contribution in [-0.4, -0.2) is 49.4 Å². The van der Waals surface area contributed by atoms with Gasteiger partial charge in [0, 0.05) is 30.8 Å². The molecule has 0 spiro atoms. The van der Waals surface area contributed by atoms with Gasteiger partial charge in [-0.15, -0.1) is 0 Å². The Kier molecular flexibility index (Phi) is 5.86. The zero-order chi connectivity index (χ0) is 24.7. The van der Waals surface area contributed by atoms with Gasteiger partial charge in [-0.25, -0.2) is 24.3 Å². The number of aryl methyl sites for hydroxylation is 1. The fourth-order valence-corrected chi connectivity index (χ4v) is 4.78. The lowest BCUT2D eigenvalue weighted by atomic mass is 9.77. The van der Waals surface area contributed by atoms with Gasteiger partial charge in [0.05, 0.1) is 17.2 Å². The smallest absolute Gasteiger partial charge is 0.417 e. The molecule has 1 amide bonds. The lowest BCUT2D eigenvalue weighted by molar-refractivity contribution is -0.138. The van der Waals surface area contributed by atoms with Crippen LogP contribution in [0.3, 0.4) is 0 Å². The Labute approximate surface area is 198 Å². The fourth-order valence-electron chi connectivity index (χ4n) is 4.78. The number of carbonyl (C=O) groups is 1. The van der Waals surface area contributed by atoms with Crippen LogP contribution in [0.4, 0.5) is 17.6 Å². The molecule has 3 aromatic heterocycles. The van der Waals surface area contributed by atoms with E-state index in [4.69, 9.17) is 4.74 Å². The number of ether oxygens (including phenoxy) is 1. The van der Waals surface area contributed by atoms with Gasteiger partial charge in [-0.1, -0.05) is 0 Å². The zero-order valence-corrected chi connectivity index (χ0v) is 18.7. The van der Waals surface area contributed by atoms with Crippen LogP contribution in [0.1, 0.15) is 40.9 Å². The molecular formula is C24H21F4N5O2. The maximum absolute atomic E-state index is 14.4. The molecule has 2 aliphatic heterocycles. The van der Waals surface area contributed by atoms with Crippen molar-refractivity contribution in [1.82, 2.24) is 24.8 Å². The van der Waals surface area contributed by atoms with Gasteiger partial charge in [0.25, 0.3) is 11.8 Å². The molecule has 7 nitrogen and oxygen atoms in total. The summed E-state index contributed by atoms with van der Waals surface area (Å²) in [5, 5.41) is 0. The molecule has 1 aliphatic carbocycles. The normalized spacial score (nSPS) is 21.7. The van der Waals surface area contributed by atoms with E-state index in [9.17, 15) is 22.4 Å². The molecule has 2 bridgehead atoms. The molecule has 3 atom stereocenters. The molecule has 3 fully saturated rings. The Hall–Kier alpha value is -3.63. The van der Waals surface area contributed by atoms with Crippen LogP contribution >= 0.6 is 0 Å². The maximum Gasteiger partial charge on any atom is 0.417 e. The average molecular weight is 487 g/mol. The largest absolute Gasteiger partial charge is 0.470 e. The first-order chi connectivity index (χ1) is 16.7. The molecule has 1 saturated carbocycles. The van der Waals surface area contributed by atoms with E-state index >= 15 is 0 Å². The molecule has 3 aromatic rings. The van der Waals surface area contributed by atoms with Crippen LogP contribution in [0.15, 0.2) is 42.9 Å². The van der Waals surface area contributed by atoms with Crippen molar-refractivity contribution in [3.05, 3.63) is 65.5 Å². The summed E-state index contributed by atoms with van der Waals surface area (Å²) in [7, 11) is 0. The van der Waals surface area contributed by atoms with Crippen LogP contribution in [0.25, 0.3) is 11.5 Å². The van der Waals surface area contributed by atoms with E-state index in [-0.39, 0.29) is 17.9 Å². The highest BCUT2D eigenvalue weighted by Gasteiger charge is 2.45. The van der Waals surface area contributed by atoms with Crippen molar-refractivity contribution in [3.63, 3.8) is 0 Å². The fraction of sp³-hybridized carbons (Fsp3) is 0.375. The second-order valence-electron chi connectivity index (χ2n) is 8.79. The van der Waals surface area contributed by atoms with E-state index in [1.807, 2.05) is 0 Å². The van der Waals surface area contributed by atoms with Crippen molar-refractivity contribution in [3.8, 4) is 17.4 Å². The molecule has 0 aromatic carbocycles. The van der Waals surface area contributed by atoms with Crippen molar-refractivity contribution in [2.24, 2.45) is 5.92 Å². The van der Waals surface area contributed by atoms with Crippen LogP contribution < -0.4 is 4.74 Å². The Morgan fingerprint density at radius 1 is 1.14 bits per heavy atom. The molecule has 0 unspecified atom stereocenters. The second kappa shape index (κ2) is 8.86. The molecule has 182 valence electrons. The quantitative estimate of drug-likeness (QED) is 0.505. The van der Waals surface area contributed by atoms with Crippen LogP contribution in [-0.2, 0) is 6.18 Å². The highest BCUT2D eigenvalue weighted by molar-refractivity contribution is 5.99. The number of hydrogen-bond acceptors (Lipinski definition) is 6. The van der Waals surface area contributed by atoms with Crippen LogP contribution in [0.5, 0.6) is 5.88 Å². The minimum Gasteiger partial charge on any atom is -0.470 e. The van der Waals surface area contributed by atoms with Crippen molar-refractivity contribution >= 4 is 5.91 Å². The highest BCUT2D eigenvalue weighted by Crippen LogP contribution is 2.39. The molecule has 11 heteroatoms. The lowest BCUT2D eigenvalue weighted by Gasteiger charge is -2.49.